The van der Waals surface area contributed by atoms with Gasteiger partial charge in [0.25, 0.3) is 0 Å². The molecule has 0 atom stereocenters. The minimum absolute atomic E-state index is 0.0927. The van der Waals surface area contributed by atoms with E-state index in [9.17, 15) is 4.79 Å². The Hall–Kier alpha value is -2.67. The number of carbonyl (C=O) groups is 1. The highest BCUT2D eigenvalue weighted by Crippen LogP contribution is 2.29. The average molecular weight is 286 g/mol. The summed E-state index contributed by atoms with van der Waals surface area (Å²) in [5.74, 6) is 0.272. The maximum atomic E-state index is 12.6. The maximum Gasteiger partial charge on any atom is 0.163 e. The predicted octanol–water partition coefficient (Wildman–Crippen LogP) is 5.09. The summed E-state index contributed by atoms with van der Waals surface area (Å²) in [6, 6.07) is 30.0. The van der Waals surface area contributed by atoms with Gasteiger partial charge in [-0.25, -0.2) is 0 Å². The Morgan fingerprint density at radius 1 is 0.636 bits per heavy atom. The van der Waals surface area contributed by atoms with Gasteiger partial charge in [0.1, 0.15) is 0 Å². The zero-order valence-electron chi connectivity index (χ0n) is 12.4. The lowest BCUT2D eigenvalue weighted by molar-refractivity contribution is 0.0977. The van der Waals surface area contributed by atoms with Crippen molar-refractivity contribution in [1.29, 1.82) is 0 Å². The van der Waals surface area contributed by atoms with Crippen LogP contribution in [0.1, 0.15) is 33.8 Å². The normalized spacial score (nSPS) is 10.6. The van der Waals surface area contributed by atoms with Gasteiger partial charge in [-0.15, -0.1) is 0 Å². The minimum Gasteiger partial charge on any atom is -0.294 e. The van der Waals surface area contributed by atoms with E-state index >= 15 is 0 Å². The van der Waals surface area contributed by atoms with Gasteiger partial charge in [-0.3, -0.25) is 4.79 Å². The van der Waals surface area contributed by atoms with Crippen LogP contribution in [0.25, 0.3) is 0 Å². The van der Waals surface area contributed by atoms with Gasteiger partial charge in [-0.1, -0.05) is 91.0 Å². The molecule has 0 saturated heterocycles. The second-order valence-corrected chi connectivity index (χ2v) is 5.37. The molecule has 0 fully saturated rings. The van der Waals surface area contributed by atoms with Crippen molar-refractivity contribution >= 4 is 5.78 Å². The summed E-state index contributed by atoms with van der Waals surface area (Å²) < 4.78 is 0. The van der Waals surface area contributed by atoms with Crippen molar-refractivity contribution in [2.75, 3.05) is 0 Å². The molecule has 0 spiro atoms. The van der Waals surface area contributed by atoms with Gasteiger partial charge < -0.3 is 0 Å². The first kappa shape index (κ1) is 14.3. The predicted molar refractivity (Wildman–Crippen MR) is 90.1 cm³/mol. The van der Waals surface area contributed by atoms with Gasteiger partial charge in [0.2, 0.25) is 0 Å². The van der Waals surface area contributed by atoms with Gasteiger partial charge in [0.15, 0.2) is 5.78 Å². The summed E-state index contributed by atoms with van der Waals surface area (Å²) in [4.78, 5) is 12.6. The molecule has 0 N–H and O–H groups in total. The van der Waals surface area contributed by atoms with Crippen LogP contribution in [-0.2, 0) is 0 Å². The lowest BCUT2D eigenvalue weighted by atomic mass is 9.86. The SMILES string of the molecule is O=C(CC(c1ccccc1)c1ccccc1)c1ccccc1. The Kier molecular flexibility index (Phi) is 4.45. The molecule has 108 valence electrons. The second kappa shape index (κ2) is 6.86. The molecule has 3 rings (SSSR count). The molecule has 1 nitrogen and oxygen atoms in total. The second-order valence-electron chi connectivity index (χ2n) is 5.37. The molecule has 0 radical (unpaired) electrons. The molecule has 1 heteroatoms. The molecular formula is C21H18O. The zero-order valence-corrected chi connectivity index (χ0v) is 12.4. The molecule has 0 aliphatic carbocycles. The van der Waals surface area contributed by atoms with Gasteiger partial charge in [0, 0.05) is 17.9 Å². The van der Waals surface area contributed by atoms with Crippen LogP contribution in [0.4, 0.5) is 0 Å². The van der Waals surface area contributed by atoms with Crippen LogP contribution >= 0.6 is 0 Å². The van der Waals surface area contributed by atoms with E-state index in [-0.39, 0.29) is 11.7 Å². The lowest BCUT2D eigenvalue weighted by Crippen LogP contribution is -2.09. The number of hydrogen-bond donors (Lipinski definition) is 0. The van der Waals surface area contributed by atoms with Gasteiger partial charge in [0.05, 0.1) is 0 Å². The number of benzene rings is 3. The van der Waals surface area contributed by atoms with E-state index in [0.29, 0.717) is 6.42 Å². The fourth-order valence-electron chi connectivity index (χ4n) is 2.73. The average Bonchev–Trinajstić information content (AvgIpc) is 2.62. The van der Waals surface area contributed by atoms with E-state index < -0.39 is 0 Å². The third-order valence-electron chi connectivity index (χ3n) is 3.89. The molecule has 0 unspecified atom stereocenters. The van der Waals surface area contributed by atoms with Crippen LogP contribution in [0.3, 0.4) is 0 Å². The number of ketones is 1. The Balaban J connectivity index is 1.91. The zero-order chi connectivity index (χ0) is 15.2. The fourth-order valence-corrected chi connectivity index (χ4v) is 2.73. The molecule has 0 aliphatic rings. The number of Topliss-reactive ketones (excluding diaryl/α,β-unsaturated/α-hetero) is 1. The molecule has 0 aromatic heterocycles. The van der Waals surface area contributed by atoms with E-state index in [1.54, 1.807) is 0 Å². The van der Waals surface area contributed by atoms with Crippen molar-refractivity contribution in [3.63, 3.8) is 0 Å². The summed E-state index contributed by atoms with van der Waals surface area (Å²) >= 11 is 0. The largest absolute Gasteiger partial charge is 0.294 e. The topological polar surface area (TPSA) is 17.1 Å². The van der Waals surface area contributed by atoms with Crippen LogP contribution in [0, 0.1) is 0 Å². The van der Waals surface area contributed by atoms with Crippen LogP contribution < -0.4 is 0 Å². The Bertz CT molecular complexity index is 678. The molecule has 22 heavy (non-hydrogen) atoms. The van der Waals surface area contributed by atoms with E-state index in [4.69, 9.17) is 0 Å². The number of hydrogen-bond acceptors (Lipinski definition) is 1. The van der Waals surface area contributed by atoms with Crippen LogP contribution in [0.2, 0.25) is 0 Å². The Morgan fingerprint density at radius 2 is 1.05 bits per heavy atom. The highest BCUT2D eigenvalue weighted by molar-refractivity contribution is 5.96. The van der Waals surface area contributed by atoms with Crippen molar-refractivity contribution in [2.24, 2.45) is 0 Å². The van der Waals surface area contributed by atoms with E-state index in [2.05, 4.69) is 24.3 Å². The van der Waals surface area contributed by atoms with Gasteiger partial charge >= 0.3 is 0 Å². The Morgan fingerprint density at radius 3 is 1.50 bits per heavy atom. The molecule has 0 heterocycles. The van der Waals surface area contributed by atoms with Crippen molar-refractivity contribution in [1.82, 2.24) is 0 Å². The van der Waals surface area contributed by atoms with E-state index in [1.165, 1.54) is 11.1 Å². The molecule has 3 aromatic carbocycles. The van der Waals surface area contributed by atoms with E-state index in [0.717, 1.165) is 5.56 Å². The third-order valence-corrected chi connectivity index (χ3v) is 3.89. The van der Waals surface area contributed by atoms with Gasteiger partial charge in [-0.05, 0) is 11.1 Å². The highest BCUT2D eigenvalue weighted by atomic mass is 16.1. The summed E-state index contributed by atoms with van der Waals surface area (Å²) in [5, 5.41) is 0. The first-order chi connectivity index (χ1) is 10.8. The van der Waals surface area contributed by atoms with Crippen LogP contribution in [0.15, 0.2) is 91.0 Å². The monoisotopic (exact) mass is 286 g/mol. The highest BCUT2D eigenvalue weighted by Gasteiger charge is 2.18. The summed E-state index contributed by atoms with van der Waals surface area (Å²) in [6.07, 6.45) is 0.484. The van der Waals surface area contributed by atoms with Crippen LogP contribution in [-0.4, -0.2) is 5.78 Å². The summed E-state index contributed by atoms with van der Waals surface area (Å²) in [7, 11) is 0. The quantitative estimate of drug-likeness (QED) is 0.597. The Labute approximate surface area is 131 Å². The molecular weight excluding hydrogens is 268 g/mol. The number of rotatable bonds is 5. The lowest BCUT2D eigenvalue weighted by Gasteiger charge is -2.17. The third kappa shape index (κ3) is 3.32. The molecule has 3 aromatic rings. The van der Waals surface area contributed by atoms with Crippen molar-refractivity contribution in [3.05, 3.63) is 108 Å². The summed E-state index contributed by atoms with van der Waals surface area (Å²) in [5.41, 5.74) is 3.13. The first-order valence-corrected chi connectivity index (χ1v) is 7.53. The smallest absolute Gasteiger partial charge is 0.163 e. The standard InChI is InChI=1S/C21H18O/c22-21(19-14-8-3-9-15-19)16-20(17-10-4-1-5-11-17)18-12-6-2-7-13-18/h1-15,20H,16H2. The number of carbonyl (C=O) groups excluding carboxylic acids is 1. The van der Waals surface area contributed by atoms with Crippen molar-refractivity contribution in [2.45, 2.75) is 12.3 Å². The fraction of sp³-hybridized carbons (Fsp3) is 0.0952. The molecule has 0 amide bonds. The molecule has 0 saturated carbocycles. The van der Waals surface area contributed by atoms with Gasteiger partial charge in [-0.2, -0.15) is 0 Å². The molecule has 0 bridgehead atoms. The summed E-state index contributed by atoms with van der Waals surface area (Å²) in [6.45, 7) is 0. The minimum atomic E-state index is 0.0927. The first-order valence-electron chi connectivity index (χ1n) is 7.53. The van der Waals surface area contributed by atoms with Crippen molar-refractivity contribution in [3.8, 4) is 0 Å². The van der Waals surface area contributed by atoms with Crippen LogP contribution in [0.5, 0.6) is 0 Å². The molecule has 0 aliphatic heterocycles. The maximum absolute atomic E-state index is 12.6. The van der Waals surface area contributed by atoms with Crippen molar-refractivity contribution < 1.29 is 4.79 Å². The van der Waals surface area contributed by atoms with E-state index in [1.807, 2.05) is 66.7 Å².